The van der Waals surface area contributed by atoms with Gasteiger partial charge in [0.2, 0.25) is 0 Å². The number of hydrogen-bond donors (Lipinski definition) is 0. The Bertz CT molecular complexity index is 822. The van der Waals surface area contributed by atoms with Crippen LogP contribution in [0.25, 0.3) is 0 Å². The van der Waals surface area contributed by atoms with Crippen LogP contribution in [0.4, 0.5) is 0 Å². The van der Waals surface area contributed by atoms with Gasteiger partial charge in [0.15, 0.2) is 0 Å². The van der Waals surface area contributed by atoms with Crippen LogP contribution in [0.5, 0.6) is 0 Å². The number of carbonyl (C=O) groups is 1. The number of carbonyl (C=O) groups excluding carboxylic acids is 1. The van der Waals surface area contributed by atoms with Crippen molar-refractivity contribution in [3.8, 4) is 0 Å². The maximum atomic E-state index is 12.7. The third-order valence-electron chi connectivity index (χ3n) is 10.2. The van der Waals surface area contributed by atoms with E-state index in [1.165, 1.54) is 167 Å². The average Bonchev–Trinajstić information content (AvgIpc) is 3.11. The van der Waals surface area contributed by atoms with Crippen molar-refractivity contribution in [1.29, 1.82) is 0 Å². The van der Waals surface area contributed by atoms with E-state index >= 15 is 0 Å². The second kappa shape index (κ2) is 38.4. The van der Waals surface area contributed by atoms with Gasteiger partial charge in [-0.2, -0.15) is 0 Å². The molecule has 0 aromatic carbocycles. The summed E-state index contributed by atoms with van der Waals surface area (Å²) < 4.78 is 34.6. The van der Waals surface area contributed by atoms with Crippen LogP contribution >= 0.6 is 7.82 Å². The molecule has 0 spiro atoms. The van der Waals surface area contributed by atoms with Crippen molar-refractivity contribution in [1.82, 2.24) is 0 Å². The molecule has 0 saturated carbocycles. The molecule has 0 saturated heterocycles. The number of esters is 1. The van der Waals surface area contributed by atoms with Crippen molar-refractivity contribution in [3.05, 3.63) is 0 Å². The van der Waals surface area contributed by atoms with Gasteiger partial charge in [-0.3, -0.25) is 9.36 Å². The third kappa shape index (κ3) is 42.5. The van der Waals surface area contributed by atoms with Gasteiger partial charge in [-0.1, -0.05) is 200 Å². The van der Waals surface area contributed by atoms with Crippen LogP contribution in [-0.2, 0) is 27.9 Å². The lowest BCUT2D eigenvalue weighted by Crippen LogP contribution is -2.37. The molecule has 53 heavy (non-hydrogen) atoms. The van der Waals surface area contributed by atoms with E-state index in [2.05, 4.69) is 13.8 Å². The lowest BCUT2D eigenvalue weighted by molar-refractivity contribution is -0.870. The molecular weight excluding hydrogens is 685 g/mol. The summed E-state index contributed by atoms with van der Waals surface area (Å²) in [7, 11) is 1.37. The van der Waals surface area contributed by atoms with Crippen LogP contribution in [0.1, 0.15) is 219 Å². The molecule has 9 heteroatoms. The summed E-state index contributed by atoms with van der Waals surface area (Å²) in [5, 5.41) is 0. The quantitative estimate of drug-likeness (QED) is 0.0263. The molecule has 0 rings (SSSR count). The molecule has 2 atom stereocenters. The van der Waals surface area contributed by atoms with Crippen molar-refractivity contribution in [3.63, 3.8) is 0 Å². The predicted molar refractivity (Wildman–Crippen MR) is 222 cm³/mol. The van der Waals surface area contributed by atoms with Gasteiger partial charge in [0.25, 0.3) is 7.82 Å². The number of nitrogens with zero attached hydrogens (tertiary/aromatic N) is 1. The van der Waals surface area contributed by atoms with Gasteiger partial charge in [-0.15, -0.1) is 0 Å². The molecule has 0 fully saturated rings. The Morgan fingerprint density at radius 1 is 0.509 bits per heavy atom. The number of phosphoric ester groups is 1. The minimum atomic E-state index is -4.51. The first kappa shape index (κ1) is 52.5. The third-order valence-corrected chi connectivity index (χ3v) is 11.1. The number of rotatable bonds is 43. The van der Waals surface area contributed by atoms with Crippen molar-refractivity contribution in [2.24, 2.45) is 0 Å². The maximum Gasteiger partial charge on any atom is 0.306 e. The number of quaternary nitrogens is 1. The van der Waals surface area contributed by atoms with E-state index in [4.69, 9.17) is 18.5 Å². The van der Waals surface area contributed by atoms with Gasteiger partial charge in [-0.05, 0) is 12.8 Å². The molecule has 0 aromatic rings. The highest BCUT2D eigenvalue weighted by molar-refractivity contribution is 7.45. The lowest BCUT2D eigenvalue weighted by Gasteiger charge is -2.28. The van der Waals surface area contributed by atoms with Gasteiger partial charge in [-0.25, -0.2) is 0 Å². The summed E-state index contributed by atoms with van der Waals surface area (Å²) in [6, 6.07) is 0. The number of phosphoric acid groups is 1. The fourth-order valence-corrected chi connectivity index (χ4v) is 7.34. The Labute approximate surface area is 329 Å². The van der Waals surface area contributed by atoms with Crippen molar-refractivity contribution in [2.75, 3.05) is 54.1 Å². The minimum absolute atomic E-state index is 0.0314. The van der Waals surface area contributed by atoms with Gasteiger partial charge >= 0.3 is 5.97 Å². The molecule has 318 valence electrons. The molecule has 0 N–H and O–H groups in total. The Balaban J connectivity index is 4.17. The smallest absolute Gasteiger partial charge is 0.306 e. The van der Waals surface area contributed by atoms with Gasteiger partial charge in [0.05, 0.1) is 34.4 Å². The summed E-state index contributed by atoms with van der Waals surface area (Å²) in [6.45, 7) is 5.47. The Kier molecular flexibility index (Phi) is 38.0. The standard InChI is InChI=1S/C44H90NO7P/c1-6-8-10-12-14-16-18-20-22-24-26-28-30-32-34-36-39-49-41-43(42-51-53(47,48)50-40-38-45(3,4)5)52-44(46)37-35-33-31-29-27-25-23-21-19-17-15-13-11-9-7-2/h43H,6-42H2,1-5H3. The van der Waals surface area contributed by atoms with Gasteiger partial charge < -0.3 is 27.9 Å². The monoisotopic (exact) mass is 776 g/mol. The average molecular weight is 776 g/mol. The second-order valence-electron chi connectivity index (χ2n) is 16.8. The zero-order chi connectivity index (χ0) is 39.1. The molecule has 0 amide bonds. The van der Waals surface area contributed by atoms with Crippen LogP contribution in [0.2, 0.25) is 0 Å². The molecule has 8 nitrogen and oxygen atoms in total. The molecule has 0 bridgehead atoms. The summed E-state index contributed by atoms with van der Waals surface area (Å²) in [4.78, 5) is 25.0. The SMILES string of the molecule is CCCCCCCCCCCCCCCCCCOCC(COP(=O)([O-])OCC[N+](C)(C)C)OC(=O)CCCCCCCCCCCCCCCCC. The molecule has 0 aliphatic rings. The van der Waals surface area contributed by atoms with E-state index in [1.54, 1.807) is 0 Å². The Morgan fingerprint density at radius 3 is 1.25 bits per heavy atom. The molecule has 2 unspecified atom stereocenters. The first-order valence-corrected chi connectivity index (χ1v) is 24.2. The predicted octanol–water partition coefficient (Wildman–Crippen LogP) is 12.6. The zero-order valence-electron chi connectivity index (χ0n) is 36.0. The summed E-state index contributed by atoms with van der Waals surface area (Å²) in [5.74, 6) is -0.328. The number of unbranched alkanes of at least 4 members (excludes halogenated alkanes) is 29. The van der Waals surface area contributed by atoms with Crippen molar-refractivity contribution >= 4 is 13.8 Å². The molecule has 0 radical (unpaired) electrons. The molecule has 0 aliphatic carbocycles. The van der Waals surface area contributed by atoms with Crippen molar-refractivity contribution < 1.29 is 37.3 Å². The second-order valence-corrected chi connectivity index (χ2v) is 18.2. The van der Waals surface area contributed by atoms with Crippen LogP contribution in [0.15, 0.2) is 0 Å². The van der Waals surface area contributed by atoms with Crippen LogP contribution in [-0.4, -0.2) is 70.7 Å². The normalized spacial score (nSPS) is 13.7. The Hall–Kier alpha value is -0.500. The topological polar surface area (TPSA) is 94.1 Å². The largest absolute Gasteiger partial charge is 0.756 e. The van der Waals surface area contributed by atoms with Gasteiger partial charge in [0.1, 0.15) is 19.3 Å². The fourth-order valence-electron chi connectivity index (χ4n) is 6.61. The van der Waals surface area contributed by atoms with E-state index in [1.807, 2.05) is 21.1 Å². The van der Waals surface area contributed by atoms with Crippen LogP contribution in [0.3, 0.4) is 0 Å². The van der Waals surface area contributed by atoms with E-state index in [9.17, 15) is 14.3 Å². The first-order valence-electron chi connectivity index (χ1n) is 22.8. The lowest BCUT2D eigenvalue weighted by atomic mass is 10.0. The van der Waals surface area contributed by atoms with Crippen LogP contribution < -0.4 is 4.89 Å². The van der Waals surface area contributed by atoms with E-state index in [0.29, 0.717) is 24.1 Å². The van der Waals surface area contributed by atoms with E-state index < -0.39 is 13.9 Å². The number of likely N-dealkylation sites (N-methyl/N-ethyl adjacent to an activating group) is 1. The summed E-state index contributed by atoms with van der Waals surface area (Å²) >= 11 is 0. The number of hydrogen-bond acceptors (Lipinski definition) is 7. The molecule has 0 heterocycles. The summed E-state index contributed by atoms with van der Waals surface area (Å²) in [5.41, 5.74) is 0. The highest BCUT2D eigenvalue weighted by atomic mass is 31.2. The molecule has 0 aromatic heterocycles. The van der Waals surface area contributed by atoms with Crippen molar-refractivity contribution in [2.45, 2.75) is 225 Å². The zero-order valence-corrected chi connectivity index (χ0v) is 36.9. The Morgan fingerprint density at radius 2 is 0.868 bits per heavy atom. The van der Waals surface area contributed by atoms with Gasteiger partial charge in [0, 0.05) is 13.0 Å². The highest BCUT2D eigenvalue weighted by Gasteiger charge is 2.20. The highest BCUT2D eigenvalue weighted by Crippen LogP contribution is 2.38. The van der Waals surface area contributed by atoms with Crippen LogP contribution in [0, 0.1) is 0 Å². The molecule has 0 aliphatic heterocycles. The minimum Gasteiger partial charge on any atom is -0.756 e. The fraction of sp³-hybridized carbons (Fsp3) is 0.977. The maximum absolute atomic E-state index is 12.7. The summed E-state index contributed by atoms with van der Waals surface area (Å²) in [6.07, 6.45) is 39.6. The van der Waals surface area contributed by atoms with E-state index in [0.717, 1.165) is 32.1 Å². The van der Waals surface area contributed by atoms with E-state index in [-0.39, 0.29) is 25.8 Å². The first-order chi connectivity index (χ1) is 25.6. The molecular formula is C44H90NO7P. The number of ether oxygens (including phenoxy) is 2.